The summed E-state index contributed by atoms with van der Waals surface area (Å²) in [4.78, 5) is 4.80. The van der Waals surface area contributed by atoms with Gasteiger partial charge in [-0.15, -0.1) is 10.2 Å². The third-order valence-corrected chi connectivity index (χ3v) is 6.30. The van der Waals surface area contributed by atoms with E-state index in [1.807, 2.05) is 6.07 Å². The van der Waals surface area contributed by atoms with Crippen LogP contribution in [0.4, 0.5) is 19.0 Å². The second-order valence-electron chi connectivity index (χ2n) is 8.41. The molecule has 0 bridgehead atoms. The van der Waals surface area contributed by atoms with Gasteiger partial charge in [0.2, 0.25) is 0 Å². The van der Waals surface area contributed by atoms with Gasteiger partial charge in [0.15, 0.2) is 5.82 Å². The van der Waals surface area contributed by atoms with Crippen LogP contribution in [0.5, 0.6) is 5.75 Å². The largest absolute Gasteiger partial charge is 0.507 e. The summed E-state index contributed by atoms with van der Waals surface area (Å²) in [6.07, 6.45) is -1.43. The maximum atomic E-state index is 13.0. The minimum atomic E-state index is -4.51. The van der Waals surface area contributed by atoms with Crippen molar-refractivity contribution in [1.82, 2.24) is 15.1 Å². The Morgan fingerprint density at radius 3 is 2.63 bits per heavy atom. The molecule has 4 rings (SSSR count). The number of aryl methyl sites for hydroxylation is 1. The molecule has 2 aliphatic rings. The number of piperidine rings is 1. The molecule has 30 heavy (non-hydrogen) atoms. The lowest BCUT2D eigenvalue weighted by Gasteiger charge is -2.40. The van der Waals surface area contributed by atoms with E-state index in [2.05, 4.69) is 33.8 Å². The molecule has 5 nitrogen and oxygen atoms in total. The minimum Gasteiger partial charge on any atom is -0.507 e. The zero-order valence-electron chi connectivity index (χ0n) is 17.5. The smallest absolute Gasteiger partial charge is 0.416 e. The van der Waals surface area contributed by atoms with Crippen LogP contribution in [0.15, 0.2) is 18.2 Å². The first kappa shape index (κ1) is 20.9. The van der Waals surface area contributed by atoms with E-state index in [0.29, 0.717) is 22.9 Å². The molecule has 0 spiro atoms. The molecule has 0 saturated carbocycles. The number of nitrogens with zero attached hydrogens (tertiary/aromatic N) is 4. The number of aromatic nitrogens is 2. The van der Waals surface area contributed by atoms with Crippen LogP contribution in [-0.4, -0.2) is 51.9 Å². The normalized spacial score (nSPS) is 22.4. The van der Waals surface area contributed by atoms with Gasteiger partial charge in [0.25, 0.3) is 0 Å². The summed E-state index contributed by atoms with van der Waals surface area (Å²) in [5, 5.41) is 19.1. The van der Waals surface area contributed by atoms with E-state index in [-0.39, 0.29) is 6.04 Å². The van der Waals surface area contributed by atoms with Crippen LogP contribution in [-0.2, 0) is 12.6 Å². The van der Waals surface area contributed by atoms with Crippen molar-refractivity contribution in [3.8, 4) is 17.0 Å². The number of hydrogen-bond acceptors (Lipinski definition) is 5. The molecule has 0 unspecified atom stereocenters. The lowest BCUT2D eigenvalue weighted by Crippen LogP contribution is -2.50. The highest BCUT2D eigenvalue weighted by atomic mass is 19.4. The third-order valence-electron chi connectivity index (χ3n) is 6.30. The SMILES string of the molecule is CCN1CCC[C@@H](N2c3nnc(-c4c(C)cc(C(F)(F)F)cc4O)cc3C[C@@H]2C)C1. The topological polar surface area (TPSA) is 52.5 Å². The summed E-state index contributed by atoms with van der Waals surface area (Å²) in [6, 6.07) is 4.34. The van der Waals surface area contributed by atoms with E-state index in [1.165, 1.54) is 0 Å². The van der Waals surface area contributed by atoms with Crippen LogP contribution in [0.1, 0.15) is 43.4 Å². The first-order valence-electron chi connectivity index (χ1n) is 10.5. The summed E-state index contributed by atoms with van der Waals surface area (Å²) in [5.74, 6) is 0.434. The predicted octanol–water partition coefficient (Wildman–Crippen LogP) is 4.41. The van der Waals surface area contributed by atoms with Crippen LogP contribution in [0.25, 0.3) is 11.3 Å². The summed E-state index contributed by atoms with van der Waals surface area (Å²) in [6.45, 7) is 9.06. The van der Waals surface area contributed by atoms with Gasteiger partial charge in [0.05, 0.1) is 11.3 Å². The number of alkyl halides is 3. The van der Waals surface area contributed by atoms with Crippen molar-refractivity contribution in [1.29, 1.82) is 0 Å². The fourth-order valence-electron chi connectivity index (χ4n) is 4.88. The van der Waals surface area contributed by atoms with Gasteiger partial charge < -0.3 is 14.9 Å². The van der Waals surface area contributed by atoms with Crippen LogP contribution in [0.2, 0.25) is 0 Å². The maximum Gasteiger partial charge on any atom is 0.416 e. The molecule has 8 heteroatoms. The Balaban J connectivity index is 1.67. The van der Waals surface area contributed by atoms with Crippen molar-refractivity contribution >= 4 is 5.82 Å². The first-order valence-corrected chi connectivity index (χ1v) is 10.5. The zero-order valence-corrected chi connectivity index (χ0v) is 17.5. The number of fused-ring (bicyclic) bond motifs is 1. The zero-order chi connectivity index (χ0) is 21.6. The highest BCUT2D eigenvalue weighted by molar-refractivity contribution is 5.73. The standard InChI is InChI=1S/C22H27F3N4O/c1-4-28-7-5-6-17(12-28)29-14(3)9-15-10-18(26-27-21(15)29)20-13(2)8-16(11-19(20)30)22(23,24)25/h8,10-11,14,17,30H,4-7,9,12H2,1-3H3/t14-,17+/m0/s1. The van der Waals surface area contributed by atoms with Gasteiger partial charge in [-0.3, -0.25) is 0 Å². The number of hydrogen-bond donors (Lipinski definition) is 1. The number of benzene rings is 1. The molecule has 0 amide bonds. The number of likely N-dealkylation sites (N-methyl/N-ethyl adjacent to an activating group) is 1. The Morgan fingerprint density at radius 1 is 1.20 bits per heavy atom. The second kappa shape index (κ2) is 7.72. The predicted molar refractivity (Wildman–Crippen MR) is 110 cm³/mol. The lowest BCUT2D eigenvalue weighted by molar-refractivity contribution is -0.137. The summed E-state index contributed by atoms with van der Waals surface area (Å²) in [5.41, 5.74) is 1.20. The van der Waals surface area contributed by atoms with Crippen molar-refractivity contribution in [2.45, 2.75) is 58.3 Å². The van der Waals surface area contributed by atoms with E-state index < -0.39 is 17.5 Å². The summed E-state index contributed by atoms with van der Waals surface area (Å²) >= 11 is 0. The highest BCUT2D eigenvalue weighted by Gasteiger charge is 2.36. The molecule has 0 aliphatic carbocycles. The number of phenols is 1. The number of aromatic hydroxyl groups is 1. The molecule has 0 radical (unpaired) electrons. The van der Waals surface area contributed by atoms with Crippen LogP contribution < -0.4 is 4.90 Å². The average Bonchev–Trinajstić information content (AvgIpc) is 3.01. The lowest BCUT2D eigenvalue weighted by atomic mass is 9.99. The minimum absolute atomic E-state index is 0.286. The molecule has 2 atom stereocenters. The molecule has 2 aliphatic heterocycles. The van der Waals surface area contributed by atoms with Gasteiger partial charge in [-0.25, -0.2) is 0 Å². The summed E-state index contributed by atoms with van der Waals surface area (Å²) < 4.78 is 39.1. The number of anilines is 1. The molecule has 1 aromatic heterocycles. The van der Waals surface area contributed by atoms with Gasteiger partial charge in [-0.1, -0.05) is 6.92 Å². The van der Waals surface area contributed by atoms with Crippen LogP contribution >= 0.6 is 0 Å². The average molecular weight is 420 g/mol. The molecule has 162 valence electrons. The molecular formula is C22H27F3N4O. The Labute approximate surface area is 174 Å². The number of phenolic OH excluding ortho intramolecular Hbond substituents is 1. The van der Waals surface area contributed by atoms with E-state index in [0.717, 1.165) is 62.4 Å². The monoisotopic (exact) mass is 420 g/mol. The molecule has 2 aromatic rings. The third kappa shape index (κ3) is 3.73. The molecule has 1 aromatic carbocycles. The fraction of sp³-hybridized carbons (Fsp3) is 0.545. The van der Waals surface area contributed by atoms with E-state index in [4.69, 9.17) is 0 Å². The van der Waals surface area contributed by atoms with Gasteiger partial charge in [-0.2, -0.15) is 13.2 Å². The number of halogens is 3. The van der Waals surface area contributed by atoms with Crippen molar-refractivity contribution in [3.05, 3.63) is 34.9 Å². The highest BCUT2D eigenvalue weighted by Crippen LogP contribution is 2.40. The first-order chi connectivity index (χ1) is 14.2. The molecule has 3 heterocycles. The molecule has 1 N–H and O–H groups in total. The van der Waals surface area contributed by atoms with Crippen LogP contribution in [0, 0.1) is 6.92 Å². The van der Waals surface area contributed by atoms with Gasteiger partial charge in [0.1, 0.15) is 5.75 Å². The number of likely N-dealkylation sites (tertiary alicyclic amines) is 1. The molecule has 1 fully saturated rings. The van der Waals surface area contributed by atoms with Gasteiger partial charge >= 0.3 is 6.18 Å². The van der Waals surface area contributed by atoms with E-state index in [1.54, 1.807) is 6.92 Å². The molecular weight excluding hydrogens is 393 g/mol. The van der Waals surface area contributed by atoms with Crippen molar-refractivity contribution in [3.63, 3.8) is 0 Å². The Kier molecular flexibility index (Phi) is 5.38. The van der Waals surface area contributed by atoms with Gasteiger partial charge in [0, 0.05) is 29.8 Å². The van der Waals surface area contributed by atoms with Crippen molar-refractivity contribution in [2.24, 2.45) is 0 Å². The second-order valence-corrected chi connectivity index (χ2v) is 8.41. The molecule has 1 saturated heterocycles. The van der Waals surface area contributed by atoms with E-state index in [9.17, 15) is 18.3 Å². The number of rotatable bonds is 3. The van der Waals surface area contributed by atoms with E-state index >= 15 is 0 Å². The fourth-order valence-corrected chi connectivity index (χ4v) is 4.88. The quantitative estimate of drug-likeness (QED) is 0.797. The summed E-state index contributed by atoms with van der Waals surface area (Å²) in [7, 11) is 0. The van der Waals surface area contributed by atoms with Crippen molar-refractivity contribution < 1.29 is 18.3 Å². The maximum absolute atomic E-state index is 13.0. The Bertz CT molecular complexity index is 923. The Hall–Kier alpha value is -2.35. The van der Waals surface area contributed by atoms with Crippen molar-refractivity contribution in [2.75, 3.05) is 24.5 Å². The van der Waals surface area contributed by atoms with Crippen LogP contribution in [0.3, 0.4) is 0 Å². The van der Waals surface area contributed by atoms with Gasteiger partial charge in [-0.05, 0) is 70.0 Å². The Morgan fingerprint density at radius 2 is 1.97 bits per heavy atom.